The summed E-state index contributed by atoms with van der Waals surface area (Å²) in [7, 11) is -3.63. The molecule has 0 saturated heterocycles. The first-order valence-electron chi connectivity index (χ1n) is 6.57. The van der Waals surface area contributed by atoms with Gasteiger partial charge in [-0.2, -0.15) is 0 Å². The largest absolute Gasteiger partial charge is 0.264 e. The molecule has 4 nitrogen and oxygen atoms in total. The number of fused-ring (bicyclic) bond motifs is 1. The lowest BCUT2D eigenvalue weighted by atomic mass is 10.1. The van der Waals surface area contributed by atoms with Crippen LogP contribution in [0.4, 0.5) is 4.39 Å². The second-order valence-corrected chi connectivity index (χ2v) is 7.90. The Morgan fingerprint density at radius 2 is 1.91 bits per heavy atom. The summed E-state index contributed by atoms with van der Waals surface area (Å²) >= 11 is 1.19. The van der Waals surface area contributed by atoms with Crippen molar-refractivity contribution in [1.82, 2.24) is 9.71 Å². The molecule has 1 unspecified atom stereocenters. The molecule has 0 radical (unpaired) electrons. The summed E-state index contributed by atoms with van der Waals surface area (Å²) in [4.78, 5) is 3.98. The number of nitrogens with one attached hydrogen (secondary N) is 1. The minimum atomic E-state index is -3.63. The van der Waals surface area contributed by atoms with Crippen molar-refractivity contribution in [3.8, 4) is 0 Å². The van der Waals surface area contributed by atoms with Crippen molar-refractivity contribution < 1.29 is 12.8 Å². The number of benzene rings is 1. The van der Waals surface area contributed by atoms with Crippen LogP contribution in [0.1, 0.15) is 18.5 Å². The number of halogens is 2. The zero-order valence-electron chi connectivity index (χ0n) is 12.1. The Kier molecular flexibility index (Phi) is 5.36. The number of sulfonamides is 1. The van der Waals surface area contributed by atoms with Crippen LogP contribution in [0.2, 0.25) is 0 Å². The number of aromatic nitrogens is 1. The highest BCUT2D eigenvalue weighted by Gasteiger charge is 2.21. The van der Waals surface area contributed by atoms with Gasteiger partial charge in [0.05, 0.1) is 0 Å². The fraction of sp³-hybridized carbons (Fsp3) is 0.133. The predicted octanol–water partition coefficient (Wildman–Crippen LogP) is 3.90. The second-order valence-electron chi connectivity index (χ2n) is 4.87. The monoisotopic (exact) mass is 372 g/mol. The van der Waals surface area contributed by atoms with E-state index in [2.05, 4.69) is 9.71 Å². The first-order chi connectivity index (χ1) is 10.5. The zero-order valence-corrected chi connectivity index (χ0v) is 14.5. The van der Waals surface area contributed by atoms with Crippen molar-refractivity contribution in [3.05, 3.63) is 60.2 Å². The summed E-state index contributed by atoms with van der Waals surface area (Å²) in [5.41, 5.74) is 0.702. The van der Waals surface area contributed by atoms with Crippen LogP contribution in [-0.4, -0.2) is 13.4 Å². The Bertz CT molecular complexity index is 878. The van der Waals surface area contributed by atoms with Gasteiger partial charge >= 0.3 is 0 Å². The summed E-state index contributed by atoms with van der Waals surface area (Å²) in [5, 5.41) is 0.794. The van der Waals surface area contributed by atoms with E-state index < -0.39 is 16.1 Å². The Labute approximate surface area is 143 Å². The molecule has 8 heteroatoms. The van der Waals surface area contributed by atoms with Crippen LogP contribution in [0.3, 0.4) is 0 Å². The molecule has 0 spiro atoms. The quantitative estimate of drug-likeness (QED) is 0.755. The van der Waals surface area contributed by atoms with Crippen molar-refractivity contribution in [2.24, 2.45) is 0 Å². The maximum atomic E-state index is 12.9. The lowest BCUT2D eigenvalue weighted by Crippen LogP contribution is -2.26. The SMILES string of the molecule is CC(NS(=O)(=O)c1cc2cnccc2s1)c1ccc(F)cc1.Cl. The van der Waals surface area contributed by atoms with E-state index in [0.29, 0.717) is 5.56 Å². The number of thiophene rings is 1. The third-order valence-electron chi connectivity index (χ3n) is 3.26. The molecule has 0 fully saturated rings. The minimum absolute atomic E-state index is 0. The van der Waals surface area contributed by atoms with Crippen molar-refractivity contribution in [1.29, 1.82) is 0 Å². The molecule has 2 aromatic heterocycles. The van der Waals surface area contributed by atoms with E-state index in [4.69, 9.17) is 0 Å². The predicted molar refractivity (Wildman–Crippen MR) is 92.0 cm³/mol. The minimum Gasteiger partial charge on any atom is -0.264 e. The standard InChI is InChI=1S/C15H13FN2O2S2.ClH/c1-10(11-2-4-13(16)5-3-11)18-22(19,20)15-8-12-9-17-7-6-14(12)21-15;/h2-10,18H,1H3;1H. The van der Waals surface area contributed by atoms with E-state index in [1.165, 1.54) is 23.5 Å². The van der Waals surface area contributed by atoms with E-state index in [9.17, 15) is 12.8 Å². The molecule has 0 aliphatic carbocycles. The Balaban J connectivity index is 0.00000192. The normalized spacial score (nSPS) is 12.8. The van der Waals surface area contributed by atoms with Crippen molar-refractivity contribution in [3.63, 3.8) is 0 Å². The first-order valence-corrected chi connectivity index (χ1v) is 8.87. The van der Waals surface area contributed by atoms with Crippen molar-refractivity contribution >= 4 is 43.9 Å². The summed E-state index contributed by atoms with van der Waals surface area (Å²) in [5.74, 6) is -0.351. The summed E-state index contributed by atoms with van der Waals surface area (Å²) in [6.07, 6.45) is 3.26. The van der Waals surface area contributed by atoms with Crippen LogP contribution in [0.15, 0.2) is 53.0 Å². The number of pyridine rings is 1. The van der Waals surface area contributed by atoms with Crippen LogP contribution in [0.25, 0.3) is 10.1 Å². The Hall–Kier alpha value is -1.54. The van der Waals surface area contributed by atoms with Gasteiger partial charge < -0.3 is 0 Å². The van der Waals surface area contributed by atoms with E-state index in [1.807, 2.05) is 0 Å². The molecule has 0 amide bonds. The van der Waals surface area contributed by atoms with Gasteiger partial charge in [0.25, 0.3) is 10.0 Å². The highest BCUT2D eigenvalue weighted by Crippen LogP contribution is 2.29. The van der Waals surface area contributed by atoms with Crippen molar-refractivity contribution in [2.45, 2.75) is 17.2 Å². The van der Waals surface area contributed by atoms with Crippen LogP contribution >= 0.6 is 23.7 Å². The summed E-state index contributed by atoms with van der Waals surface area (Å²) < 4.78 is 41.6. The third kappa shape index (κ3) is 3.87. The fourth-order valence-corrected chi connectivity index (χ4v) is 4.72. The van der Waals surface area contributed by atoms with Gasteiger partial charge in [-0.25, -0.2) is 17.5 Å². The van der Waals surface area contributed by atoms with E-state index >= 15 is 0 Å². The van der Waals surface area contributed by atoms with Gasteiger partial charge in [0.1, 0.15) is 10.0 Å². The van der Waals surface area contributed by atoms with E-state index in [1.54, 1.807) is 43.6 Å². The second kappa shape index (κ2) is 6.92. The van der Waals surface area contributed by atoms with Gasteiger partial charge in [-0.05, 0) is 36.8 Å². The molecule has 23 heavy (non-hydrogen) atoms. The van der Waals surface area contributed by atoms with Crippen LogP contribution in [0.5, 0.6) is 0 Å². The smallest absolute Gasteiger partial charge is 0.250 e. The molecule has 1 atom stereocenters. The van der Waals surface area contributed by atoms with Gasteiger partial charge in [-0.15, -0.1) is 23.7 Å². The summed E-state index contributed by atoms with van der Waals surface area (Å²) in [6.45, 7) is 1.72. The molecule has 122 valence electrons. The van der Waals surface area contributed by atoms with Gasteiger partial charge in [0.2, 0.25) is 0 Å². The van der Waals surface area contributed by atoms with Crippen LogP contribution < -0.4 is 4.72 Å². The maximum absolute atomic E-state index is 12.9. The highest BCUT2D eigenvalue weighted by atomic mass is 35.5. The lowest BCUT2D eigenvalue weighted by molar-refractivity contribution is 0.568. The van der Waals surface area contributed by atoms with Gasteiger partial charge in [0, 0.05) is 28.5 Å². The number of hydrogen-bond donors (Lipinski definition) is 1. The number of nitrogens with zero attached hydrogens (tertiary/aromatic N) is 1. The number of rotatable bonds is 4. The molecule has 0 bridgehead atoms. The van der Waals surface area contributed by atoms with Gasteiger partial charge in [-0.1, -0.05) is 12.1 Å². The topological polar surface area (TPSA) is 59.1 Å². The molecule has 3 rings (SSSR count). The maximum Gasteiger partial charge on any atom is 0.250 e. The molecule has 1 N–H and O–H groups in total. The molecule has 3 aromatic rings. The van der Waals surface area contributed by atoms with Crippen molar-refractivity contribution in [2.75, 3.05) is 0 Å². The average molecular weight is 373 g/mol. The Morgan fingerprint density at radius 3 is 2.57 bits per heavy atom. The highest BCUT2D eigenvalue weighted by molar-refractivity contribution is 7.91. The van der Waals surface area contributed by atoms with Crippen LogP contribution in [-0.2, 0) is 10.0 Å². The molecule has 1 aromatic carbocycles. The van der Waals surface area contributed by atoms with E-state index in [0.717, 1.165) is 10.1 Å². The molecule has 0 aliphatic rings. The first kappa shape index (κ1) is 17.8. The molecular weight excluding hydrogens is 359 g/mol. The molecule has 2 heterocycles. The number of hydrogen-bond acceptors (Lipinski definition) is 4. The third-order valence-corrected chi connectivity index (χ3v) is 6.39. The molecule has 0 aliphatic heterocycles. The van der Waals surface area contributed by atoms with E-state index in [-0.39, 0.29) is 22.4 Å². The average Bonchev–Trinajstić information content (AvgIpc) is 2.92. The Morgan fingerprint density at radius 1 is 1.22 bits per heavy atom. The van der Waals surface area contributed by atoms with Crippen LogP contribution in [0, 0.1) is 5.82 Å². The lowest BCUT2D eigenvalue weighted by Gasteiger charge is -2.13. The van der Waals surface area contributed by atoms with Gasteiger partial charge in [0.15, 0.2) is 0 Å². The molecular formula is C15H14ClFN2O2S2. The summed E-state index contributed by atoms with van der Waals surface area (Å²) in [6, 6.07) is 8.69. The molecule has 0 saturated carbocycles. The zero-order chi connectivity index (χ0) is 15.7. The fourth-order valence-electron chi connectivity index (χ4n) is 2.10. The van der Waals surface area contributed by atoms with Gasteiger partial charge in [-0.3, -0.25) is 4.98 Å².